The van der Waals surface area contributed by atoms with Gasteiger partial charge in [-0.05, 0) is 18.1 Å². The van der Waals surface area contributed by atoms with Crippen LogP contribution in [-0.2, 0) is 9.22 Å². The summed E-state index contributed by atoms with van der Waals surface area (Å²) >= 11 is 16.5. The molecule has 1 aliphatic rings. The molecule has 0 spiro atoms. The number of rotatable bonds is 3. The first-order chi connectivity index (χ1) is 9.25. The Bertz CT molecular complexity index is 429. The van der Waals surface area contributed by atoms with Crippen molar-refractivity contribution in [1.29, 1.82) is 0 Å². The average molecular weight is 375 g/mol. The maximum atomic E-state index is 11.6. The predicted molar refractivity (Wildman–Crippen MR) is 89.4 cm³/mol. The lowest BCUT2D eigenvalue weighted by atomic mass is 10.2. The molecule has 8 heteroatoms. The van der Waals surface area contributed by atoms with E-state index in [1.807, 2.05) is 0 Å². The van der Waals surface area contributed by atoms with Crippen molar-refractivity contribution in [3.63, 3.8) is 0 Å². The molecule has 0 unspecified atom stereocenters. The smallest absolute Gasteiger partial charge is 0.272 e. The molecule has 3 atom stereocenters. The monoisotopic (exact) mass is 373 g/mol. The highest BCUT2D eigenvalue weighted by Gasteiger charge is 2.43. The van der Waals surface area contributed by atoms with E-state index in [0.717, 1.165) is 0 Å². The van der Waals surface area contributed by atoms with Crippen LogP contribution in [0.4, 0.5) is 0 Å². The van der Waals surface area contributed by atoms with Crippen LogP contribution in [0.1, 0.15) is 20.8 Å². The van der Waals surface area contributed by atoms with E-state index < -0.39 is 36.3 Å². The molecule has 2 N–H and O–H groups in total. The van der Waals surface area contributed by atoms with Crippen molar-refractivity contribution in [1.82, 2.24) is 5.32 Å². The minimum absolute atomic E-state index is 0.0272. The van der Waals surface area contributed by atoms with Gasteiger partial charge >= 0.3 is 0 Å². The van der Waals surface area contributed by atoms with E-state index >= 15 is 0 Å². The van der Waals surface area contributed by atoms with Crippen LogP contribution in [0.15, 0.2) is 12.2 Å². The second-order valence-corrected chi connectivity index (χ2v) is 13.8. The van der Waals surface area contributed by atoms with Crippen molar-refractivity contribution in [3.8, 4) is 0 Å². The van der Waals surface area contributed by atoms with Crippen LogP contribution >= 0.6 is 34.8 Å². The van der Waals surface area contributed by atoms with Gasteiger partial charge in [-0.25, -0.2) is 0 Å². The molecule has 1 amide bonds. The number of hydrogen-bond donors (Lipinski definition) is 2. The van der Waals surface area contributed by atoms with Gasteiger partial charge in [0.1, 0.15) is 6.10 Å². The standard InChI is InChI=1S/C13H22Cl3NO3Si/c1-12(2,3)21(4,5)20-9-7-6-8(10(9)18)17-11(19)13(14,15)16/h6-10,18H,1-5H3,(H,17,19)/t8-,9-,10+/m0/s1. The Balaban J connectivity index is 2.69. The molecule has 0 aromatic heterocycles. The number of amides is 1. The molecule has 0 aliphatic heterocycles. The molecule has 0 saturated heterocycles. The number of halogens is 3. The van der Waals surface area contributed by atoms with Crippen molar-refractivity contribution in [3.05, 3.63) is 12.2 Å². The maximum absolute atomic E-state index is 11.6. The van der Waals surface area contributed by atoms with Gasteiger partial charge in [0.15, 0.2) is 8.32 Å². The van der Waals surface area contributed by atoms with Crippen LogP contribution in [-0.4, -0.2) is 41.4 Å². The van der Waals surface area contributed by atoms with Crippen LogP contribution in [0.2, 0.25) is 18.1 Å². The molecule has 0 bridgehead atoms. The van der Waals surface area contributed by atoms with E-state index in [4.69, 9.17) is 39.2 Å². The molecule has 1 aliphatic carbocycles. The van der Waals surface area contributed by atoms with Crippen molar-refractivity contribution in [2.45, 2.75) is 60.9 Å². The van der Waals surface area contributed by atoms with Gasteiger partial charge in [-0.3, -0.25) is 4.79 Å². The van der Waals surface area contributed by atoms with Crippen molar-refractivity contribution in [2.75, 3.05) is 0 Å². The number of hydrogen-bond acceptors (Lipinski definition) is 3. The van der Waals surface area contributed by atoms with Gasteiger partial charge < -0.3 is 14.8 Å². The van der Waals surface area contributed by atoms with Gasteiger partial charge in [-0.15, -0.1) is 0 Å². The van der Waals surface area contributed by atoms with Crippen LogP contribution < -0.4 is 5.32 Å². The molecule has 0 aromatic carbocycles. The lowest BCUT2D eigenvalue weighted by Gasteiger charge is -2.39. The molecule has 0 saturated carbocycles. The zero-order valence-corrected chi connectivity index (χ0v) is 16.1. The summed E-state index contributed by atoms with van der Waals surface area (Å²) in [6.45, 7) is 10.5. The number of aliphatic hydroxyl groups is 1. The predicted octanol–water partition coefficient (Wildman–Crippen LogP) is 3.16. The molecule has 0 radical (unpaired) electrons. The summed E-state index contributed by atoms with van der Waals surface area (Å²) < 4.78 is 4.08. The molecule has 1 rings (SSSR count). The number of alkyl halides is 3. The van der Waals surface area contributed by atoms with E-state index in [1.165, 1.54) is 0 Å². The Morgan fingerprint density at radius 2 is 1.76 bits per heavy atom. The summed E-state index contributed by atoms with van der Waals surface area (Å²) in [6.07, 6.45) is 2.05. The zero-order valence-electron chi connectivity index (χ0n) is 12.8. The fourth-order valence-corrected chi connectivity index (χ4v) is 3.07. The highest BCUT2D eigenvalue weighted by atomic mass is 35.6. The quantitative estimate of drug-likeness (QED) is 0.453. The Morgan fingerprint density at radius 3 is 2.19 bits per heavy atom. The maximum Gasteiger partial charge on any atom is 0.272 e. The van der Waals surface area contributed by atoms with Gasteiger partial charge in [0.25, 0.3) is 9.70 Å². The van der Waals surface area contributed by atoms with E-state index in [1.54, 1.807) is 12.2 Å². The van der Waals surface area contributed by atoms with Crippen LogP contribution in [0, 0.1) is 0 Å². The number of aliphatic hydroxyl groups excluding tert-OH is 1. The fourth-order valence-electron chi connectivity index (χ4n) is 1.65. The van der Waals surface area contributed by atoms with E-state index in [9.17, 15) is 9.90 Å². The highest BCUT2D eigenvalue weighted by Crippen LogP contribution is 2.38. The third kappa shape index (κ3) is 4.84. The molecule has 0 fully saturated rings. The van der Waals surface area contributed by atoms with Gasteiger partial charge in [0.05, 0.1) is 12.1 Å². The molecule has 4 nitrogen and oxygen atoms in total. The normalized spacial score (nSPS) is 27.0. The van der Waals surface area contributed by atoms with Crippen LogP contribution in [0.25, 0.3) is 0 Å². The Kier molecular flexibility index (Phi) is 5.85. The van der Waals surface area contributed by atoms with Gasteiger partial charge in [-0.2, -0.15) is 0 Å². The third-order valence-corrected chi connectivity index (χ3v) is 8.99. The van der Waals surface area contributed by atoms with E-state index in [2.05, 4.69) is 39.2 Å². The van der Waals surface area contributed by atoms with Gasteiger partial charge in [0.2, 0.25) is 0 Å². The van der Waals surface area contributed by atoms with E-state index in [-0.39, 0.29) is 5.04 Å². The Hall–Kier alpha value is 0.217. The van der Waals surface area contributed by atoms with E-state index in [0.29, 0.717) is 0 Å². The molecule has 0 aromatic rings. The fraction of sp³-hybridized carbons (Fsp3) is 0.769. The second kappa shape index (κ2) is 6.38. The van der Waals surface area contributed by atoms with Crippen molar-refractivity contribution >= 4 is 49.0 Å². The summed E-state index contributed by atoms with van der Waals surface area (Å²) in [6, 6.07) is -0.622. The SMILES string of the molecule is CC(C)(C)[Si](C)(C)O[C@H]1C=C[C@H](NC(=O)C(Cl)(Cl)Cl)[C@H]1O. The zero-order chi connectivity index (χ0) is 16.6. The summed E-state index contributed by atoms with van der Waals surface area (Å²) in [5, 5.41) is 12.8. The number of carbonyl (C=O) groups excluding carboxylic acids is 1. The number of carbonyl (C=O) groups is 1. The Morgan fingerprint density at radius 1 is 1.24 bits per heavy atom. The second-order valence-electron chi connectivity index (χ2n) is 6.72. The summed E-state index contributed by atoms with van der Waals surface area (Å²) in [5.41, 5.74) is 0. The van der Waals surface area contributed by atoms with Crippen LogP contribution in [0.3, 0.4) is 0 Å². The molecule has 0 heterocycles. The molecular weight excluding hydrogens is 353 g/mol. The average Bonchev–Trinajstić information content (AvgIpc) is 2.58. The summed E-state index contributed by atoms with van der Waals surface area (Å²) in [5.74, 6) is -0.769. The van der Waals surface area contributed by atoms with Crippen molar-refractivity contribution < 1.29 is 14.3 Å². The Labute approximate surface area is 141 Å². The van der Waals surface area contributed by atoms with Gasteiger partial charge in [0, 0.05) is 0 Å². The first-order valence-corrected chi connectivity index (χ1v) is 10.7. The largest absolute Gasteiger partial charge is 0.408 e. The minimum Gasteiger partial charge on any atom is -0.408 e. The first kappa shape index (κ1) is 19.3. The highest BCUT2D eigenvalue weighted by molar-refractivity contribution is 6.76. The lowest BCUT2D eigenvalue weighted by molar-refractivity contribution is -0.121. The van der Waals surface area contributed by atoms with Gasteiger partial charge in [-0.1, -0.05) is 67.7 Å². The third-order valence-electron chi connectivity index (χ3n) is 4.00. The molecular formula is C13H22Cl3NO3Si. The lowest BCUT2D eigenvalue weighted by Crippen LogP contribution is -2.51. The molecule has 21 heavy (non-hydrogen) atoms. The van der Waals surface area contributed by atoms with Crippen LogP contribution in [0.5, 0.6) is 0 Å². The number of nitrogens with one attached hydrogen (secondary N) is 1. The summed E-state index contributed by atoms with van der Waals surface area (Å²) in [4.78, 5) is 11.6. The first-order valence-electron chi connectivity index (χ1n) is 6.67. The summed E-state index contributed by atoms with van der Waals surface area (Å²) in [7, 11) is -2.02. The minimum atomic E-state index is -2.05. The topological polar surface area (TPSA) is 58.6 Å². The molecule has 122 valence electrons. The van der Waals surface area contributed by atoms with Crippen molar-refractivity contribution in [2.24, 2.45) is 0 Å².